The molecule has 0 bridgehead atoms. The number of nitrogens with one attached hydrogen (secondary N) is 1. The molecule has 0 radical (unpaired) electrons. The van der Waals surface area contributed by atoms with E-state index in [9.17, 15) is 13.6 Å². The molecule has 3 rings (SSSR count). The highest BCUT2D eigenvalue weighted by Gasteiger charge is 2.15. The molecule has 0 saturated carbocycles. The van der Waals surface area contributed by atoms with Crippen LogP contribution in [0.1, 0.15) is 16.3 Å². The van der Waals surface area contributed by atoms with Crippen LogP contribution in [0.4, 0.5) is 14.5 Å². The maximum Gasteiger partial charge on any atom is 0.291 e. The Morgan fingerprint density at radius 1 is 1.08 bits per heavy atom. The lowest BCUT2D eigenvalue weighted by Crippen LogP contribution is -2.11. The Morgan fingerprint density at radius 3 is 2.50 bits per heavy atom. The van der Waals surface area contributed by atoms with Crippen LogP contribution in [-0.4, -0.2) is 5.91 Å². The van der Waals surface area contributed by atoms with Gasteiger partial charge in [0.15, 0.2) is 17.3 Å². The van der Waals surface area contributed by atoms with Crippen molar-refractivity contribution in [3.8, 4) is 5.75 Å². The van der Waals surface area contributed by atoms with E-state index in [4.69, 9.17) is 32.4 Å². The fourth-order valence-corrected chi connectivity index (χ4v) is 2.60. The topological polar surface area (TPSA) is 51.5 Å². The number of anilines is 1. The van der Waals surface area contributed by atoms with Gasteiger partial charge in [-0.05, 0) is 36.4 Å². The summed E-state index contributed by atoms with van der Waals surface area (Å²) in [6.07, 6.45) is 0. The maximum absolute atomic E-state index is 13.5. The lowest BCUT2D eigenvalue weighted by Gasteiger charge is -2.07. The first-order valence-electron chi connectivity index (χ1n) is 7.36. The monoisotopic (exact) mass is 397 g/mol. The summed E-state index contributed by atoms with van der Waals surface area (Å²) in [6.45, 7) is -0.136. The number of carbonyl (C=O) groups is 1. The second-order valence-corrected chi connectivity index (χ2v) is 5.99. The van der Waals surface area contributed by atoms with Crippen LogP contribution in [0.3, 0.4) is 0 Å². The van der Waals surface area contributed by atoms with Gasteiger partial charge >= 0.3 is 0 Å². The number of carbonyl (C=O) groups excluding carboxylic acids is 1. The molecule has 1 amide bonds. The predicted molar refractivity (Wildman–Crippen MR) is 93.8 cm³/mol. The molecule has 1 N–H and O–H groups in total. The summed E-state index contributed by atoms with van der Waals surface area (Å²) in [6, 6.07) is 10.7. The molecule has 26 heavy (non-hydrogen) atoms. The molecule has 0 aliphatic carbocycles. The summed E-state index contributed by atoms with van der Waals surface area (Å²) >= 11 is 12.0. The Kier molecular flexibility index (Phi) is 5.44. The molecule has 0 fully saturated rings. The van der Waals surface area contributed by atoms with Crippen molar-refractivity contribution in [1.82, 2.24) is 0 Å². The molecule has 134 valence electrons. The lowest BCUT2D eigenvalue weighted by molar-refractivity contribution is 0.0992. The number of halogens is 4. The summed E-state index contributed by atoms with van der Waals surface area (Å²) in [5, 5.41) is 3.13. The first-order chi connectivity index (χ1) is 12.4. The Hall–Kier alpha value is -2.57. The lowest BCUT2D eigenvalue weighted by atomic mass is 10.3. The number of para-hydroxylation sites is 1. The quantitative estimate of drug-likeness (QED) is 0.600. The first kappa shape index (κ1) is 18.2. The third kappa shape index (κ3) is 4.15. The maximum atomic E-state index is 13.5. The van der Waals surface area contributed by atoms with Gasteiger partial charge in [0.25, 0.3) is 5.91 Å². The SMILES string of the molecule is O=C(Nc1c(Cl)cccc1Cl)c1ccc(COc2ccc(F)cc2F)o1. The minimum absolute atomic E-state index is 0.000774. The van der Waals surface area contributed by atoms with Crippen molar-refractivity contribution in [2.45, 2.75) is 6.61 Å². The Balaban J connectivity index is 1.66. The second-order valence-electron chi connectivity index (χ2n) is 5.18. The van der Waals surface area contributed by atoms with E-state index in [1.54, 1.807) is 18.2 Å². The van der Waals surface area contributed by atoms with Crippen LogP contribution in [0, 0.1) is 11.6 Å². The van der Waals surface area contributed by atoms with Gasteiger partial charge in [-0.15, -0.1) is 0 Å². The number of hydrogen-bond donors (Lipinski definition) is 1. The Bertz CT molecular complexity index is 939. The van der Waals surface area contributed by atoms with Crippen LogP contribution in [0.25, 0.3) is 0 Å². The van der Waals surface area contributed by atoms with Crippen LogP contribution in [-0.2, 0) is 6.61 Å². The summed E-state index contributed by atoms with van der Waals surface area (Å²) < 4.78 is 37.0. The molecular formula is C18H11Cl2F2NO3. The number of benzene rings is 2. The van der Waals surface area contributed by atoms with E-state index in [2.05, 4.69) is 5.32 Å². The predicted octanol–water partition coefficient (Wildman–Crippen LogP) is 5.70. The first-order valence-corrected chi connectivity index (χ1v) is 8.11. The Labute approximate surface area is 157 Å². The fraction of sp³-hybridized carbons (Fsp3) is 0.0556. The van der Waals surface area contributed by atoms with Crippen LogP contribution in [0.2, 0.25) is 10.0 Å². The van der Waals surface area contributed by atoms with Gasteiger partial charge < -0.3 is 14.5 Å². The van der Waals surface area contributed by atoms with Crippen molar-refractivity contribution in [1.29, 1.82) is 0 Å². The molecule has 1 aromatic heterocycles. The van der Waals surface area contributed by atoms with E-state index in [1.165, 1.54) is 18.2 Å². The number of rotatable bonds is 5. The molecule has 0 aliphatic heterocycles. The van der Waals surface area contributed by atoms with E-state index in [1.807, 2.05) is 0 Å². The van der Waals surface area contributed by atoms with E-state index in [0.29, 0.717) is 6.07 Å². The largest absolute Gasteiger partial charge is 0.483 e. The zero-order valence-electron chi connectivity index (χ0n) is 13.1. The minimum atomic E-state index is -0.831. The molecule has 4 nitrogen and oxygen atoms in total. The molecule has 1 heterocycles. The minimum Gasteiger partial charge on any atom is -0.483 e. The van der Waals surface area contributed by atoms with Crippen molar-refractivity contribution in [2.75, 3.05) is 5.32 Å². The second kappa shape index (κ2) is 7.76. The zero-order chi connectivity index (χ0) is 18.7. The zero-order valence-corrected chi connectivity index (χ0v) is 14.6. The summed E-state index contributed by atoms with van der Waals surface area (Å²) in [5.41, 5.74) is 0.267. The molecule has 3 aromatic rings. The number of hydrogen-bond acceptors (Lipinski definition) is 3. The number of ether oxygens (including phenoxy) is 1. The average molecular weight is 398 g/mol. The van der Waals surface area contributed by atoms with Crippen LogP contribution in [0.5, 0.6) is 5.75 Å². The molecular weight excluding hydrogens is 387 g/mol. The highest BCUT2D eigenvalue weighted by Crippen LogP contribution is 2.30. The van der Waals surface area contributed by atoms with Gasteiger partial charge in [0.05, 0.1) is 15.7 Å². The highest BCUT2D eigenvalue weighted by atomic mass is 35.5. The van der Waals surface area contributed by atoms with Gasteiger partial charge in [-0.3, -0.25) is 4.79 Å². The van der Waals surface area contributed by atoms with Crippen molar-refractivity contribution >= 4 is 34.8 Å². The van der Waals surface area contributed by atoms with Crippen LogP contribution < -0.4 is 10.1 Å². The number of amides is 1. The van der Waals surface area contributed by atoms with Crippen LogP contribution in [0.15, 0.2) is 52.9 Å². The van der Waals surface area contributed by atoms with E-state index in [-0.39, 0.29) is 39.6 Å². The smallest absolute Gasteiger partial charge is 0.291 e. The van der Waals surface area contributed by atoms with E-state index in [0.717, 1.165) is 6.07 Å². The van der Waals surface area contributed by atoms with Gasteiger partial charge in [-0.2, -0.15) is 0 Å². The molecule has 0 aliphatic rings. The van der Waals surface area contributed by atoms with Gasteiger partial charge in [-0.25, -0.2) is 8.78 Å². The summed E-state index contributed by atoms with van der Waals surface area (Å²) in [4.78, 5) is 12.2. The normalized spacial score (nSPS) is 10.6. The number of furan rings is 1. The van der Waals surface area contributed by atoms with Crippen molar-refractivity contribution < 1.29 is 22.7 Å². The third-order valence-electron chi connectivity index (χ3n) is 3.35. The molecule has 0 saturated heterocycles. The fourth-order valence-electron chi connectivity index (χ4n) is 2.11. The van der Waals surface area contributed by atoms with Crippen LogP contribution >= 0.6 is 23.2 Å². The van der Waals surface area contributed by atoms with Gasteiger partial charge in [0.1, 0.15) is 18.2 Å². The standard InChI is InChI=1S/C18H11Cl2F2NO3/c19-12-2-1-3-13(20)17(12)23-18(24)16-7-5-11(26-16)9-25-15-6-4-10(21)8-14(15)22/h1-8H,9H2,(H,23,24). The summed E-state index contributed by atoms with van der Waals surface area (Å²) in [5.74, 6) is -1.94. The summed E-state index contributed by atoms with van der Waals surface area (Å²) in [7, 11) is 0. The average Bonchev–Trinajstić information content (AvgIpc) is 3.06. The van der Waals surface area contributed by atoms with E-state index >= 15 is 0 Å². The molecule has 0 spiro atoms. The molecule has 2 aromatic carbocycles. The van der Waals surface area contributed by atoms with Gasteiger partial charge in [-0.1, -0.05) is 29.3 Å². The van der Waals surface area contributed by atoms with Gasteiger partial charge in [0, 0.05) is 6.07 Å². The molecule has 8 heteroatoms. The van der Waals surface area contributed by atoms with Crippen molar-refractivity contribution in [3.63, 3.8) is 0 Å². The van der Waals surface area contributed by atoms with Crippen molar-refractivity contribution in [2.24, 2.45) is 0 Å². The third-order valence-corrected chi connectivity index (χ3v) is 3.98. The van der Waals surface area contributed by atoms with Gasteiger partial charge in [0.2, 0.25) is 0 Å². The Morgan fingerprint density at radius 2 is 1.81 bits per heavy atom. The molecule has 0 unspecified atom stereocenters. The molecule has 0 atom stereocenters. The van der Waals surface area contributed by atoms with E-state index < -0.39 is 17.5 Å². The highest BCUT2D eigenvalue weighted by molar-refractivity contribution is 6.39. The van der Waals surface area contributed by atoms with Crippen molar-refractivity contribution in [3.05, 3.63) is 81.7 Å².